The van der Waals surface area contributed by atoms with Crippen LogP contribution in [-0.2, 0) is 11.3 Å². The van der Waals surface area contributed by atoms with Crippen LogP contribution in [0.3, 0.4) is 0 Å². The van der Waals surface area contributed by atoms with Gasteiger partial charge in [-0.15, -0.1) is 0 Å². The fourth-order valence-electron chi connectivity index (χ4n) is 2.46. The molecule has 1 fully saturated rings. The number of hydrogen-bond acceptors (Lipinski definition) is 2. The molecule has 0 saturated heterocycles. The van der Waals surface area contributed by atoms with Crippen LogP contribution in [0.4, 0.5) is 16.2 Å². The van der Waals surface area contributed by atoms with Crippen LogP contribution in [0.25, 0.3) is 0 Å². The molecule has 0 aromatic heterocycles. The van der Waals surface area contributed by atoms with E-state index in [0.717, 1.165) is 18.4 Å². The molecule has 2 aromatic rings. The Hall–Kier alpha value is -2.53. The number of carbonyl (C=O) groups is 2. The zero-order chi connectivity index (χ0) is 17.8. The van der Waals surface area contributed by atoms with Crippen molar-refractivity contribution in [3.8, 4) is 0 Å². The Labute approximate surface area is 152 Å². The molecular formula is C19H20ClN3O2. The summed E-state index contributed by atoms with van der Waals surface area (Å²) in [4.78, 5) is 25.7. The van der Waals surface area contributed by atoms with Crippen LogP contribution in [0.15, 0.2) is 48.5 Å². The van der Waals surface area contributed by atoms with Crippen LogP contribution in [0.5, 0.6) is 0 Å². The summed E-state index contributed by atoms with van der Waals surface area (Å²) < 4.78 is 0. The van der Waals surface area contributed by atoms with Gasteiger partial charge >= 0.3 is 6.03 Å². The summed E-state index contributed by atoms with van der Waals surface area (Å²) >= 11 is 5.97. The average molecular weight is 358 g/mol. The van der Waals surface area contributed by atoms with Crippen molar-refractivity contribution in [3.05, 3.63) is 59.1 Å². The van der Waals surface area contributed by atoms with E-state index in [1.54, 1.807) is 36.2 Å². The molecular weight excluding hydrogens is 338 g/mol. The molecule has 130 valence electrons. The Morgan fingerprint density at radius 1 is 1.08 bits per heavy atom. The molecule has 2 aromatic carbocycles. The Balaban J connectivity index is 1.59. The first-order valence-electron chi connectivity index (χ1n) is 8.19. The molecule has 25 heavy (non-hydrogen) atoms. The van der Waals surface area contributed by atoms with Crippen LogP contribution in [0.1, 0.15) is 18.4 Å². The molecule has 0 spiro atoms. The molecule has 0 heterocycles. The molecule has 3 rings (SSSR count). The van der Waals surface area contributed by atoms with Gasteiger partial charge in [-0.05, 0) is 48.7 Å². The molecule has 0 unspecified atom stereocenters. The van der Waals surface area contributed by atoms with E-state index in [-0.39, 0.29) is 17.9 Å². The number of hydrogen-bond donors (Lipinski definition) is 2. The third-order valence-electron chi connectivity index (χ3n) is 3.98. The molecule has 6 heteroatoms. The van der Waals surface area contributed by atoms with E-state index in [1.807, 2.05) is 24.3 Å². The van der Waals surface area contributed by atoms with E-state index in [0.29, 0.717) is 22.9 Å². The van der Waals surface area contributed by atoms with Gasteiger partial charge in [-0.2, -0.15) is 0 Å². The second kappa shape index (κ2) is 7.57. The van der Waals surface area contributed by atoms with Crippen LogP contribution in [0.2, 0.25) is 5.02 Å². The Morgan fingerprint density at radius 2 is 1.76 bits per heavy atom. The van der Waals surface area contributed by atoms with Gasteiger partial charge in [-0.25, -0.2) is 4.79 Å². The maximum absolute atomic E-state index is 12.3. The molecule has 3 amide bonds. The summed E-state index contributed by atoms with van der Waals surface area (Å²) in [7, 11) is 1.72. The zero-order valence-electron chi connectivity index (χ0n) is 14.0. The normalized spacial score (nSPS) is 13.2. The third-order valence-corrected chi connectivity index (χ3v) is 4.22. The predicted molar refractivity (Wildman–Crippen MR) is 99.7 cm³/mol. The molecule has 1 saturated carbocycles. The molecule has 0 aliphatic heterocycles. The summed E-state index contributed by atoms with van der Waals surface area (Å²) in [5.74, 6) is 0.184. The summed E-state index contributed by atoms with van der Waals surface area (Å²) in [6, 6.07) is 14.3. The summed E-state index contributed by atoms with van der Waals surface area (Å²) in [5.41, 5.74) is 2.28. The highest BCUT2D eigenvalue weighted by Crippen LogP contribution is 2.30. The van der Waals surface area contributed by atoms with Crippen molar-refractivity contribution in [2.45, 2.75) is 19.4 Å². The van der Waals surface area contributed by atoms with Crippen LogP contribution < -0.4 is 10.6 Å². The monoisotopic (exact) mass is 357 g/mol. The molecule has 0 bridgehead atoms. The molecule has 1 aliphatic carbocycles. The molecule has 1 aliphatic rings. The SMILES string of the molecule is CN(Cc1cccc(Cl)c1)C(=O)Nc1cccc(NC(=O)C2CC2)c1. The van der Waals surface area contributed by atoms with E-state index in [2.05, 4.69) is 10.6 Å². The standard InChI is InChI=1S/C19H20ClN3O2/c1-23(12-13-4-2-5-15(20)10-13)19(25)22-17-7-3-6-16(11-17)21-18(24)14-8-9-14/h2-7,10-11,14H,8-9,12H2,1H3,(H,21,24)(H,22,25). The smallest absolute Gasteiger partial charge is 0.321 e. The van der Waals surface area contributed by atoms with E-state index in [1.165, 1.54) is 0 Å². The minimum Gasteiger partial charge on any atom is -0.326 e. The summed E-state index contributed by atoms with van der Waals surface area (Å²) in [6.45, 7) is 0.449. The second-order valence-electron chi connectivity index (χ2n) is 6.26. The highest BCUT2D eigenvalue weighted by molar-refractivity contribution is 6.30. The van der Waals surface area contributed by atoms with Gasteiger partial charge in [-0.3, -0.25) is 4.79 Å². The minimum atomic E-state index is -0.231. The van der Waals surface area contributed by atoms with Crippen molar-refractivity contribution >= 4 is 34.9 Å². The third kappa shape index (κ3) is 4.97. The van der Waals surface area contributed by atoms with Gasteiger partial charge < -0.3 is 15.5 Å². The number of nitrogens with zero attached hydrogens (tertiary/aromatic N) is 1. The fourth-order valence-corrected chi connectivity index (χ4v) is 2.68. The van der Waals surface area contributed by atoms with Gasteiger partial charge in [0.1, 0.15) is 0 Å². The fraction of sp³-hybridized carbons (Fsp3) is 0.263. The lowest BCUT2D eigenvalue weighted by Crippen LogP contribution is -2.30. The lowest BCUT2D eigenvalue weighted by molar-refractivity contribution is -0.117. The van der Waals surface area contributed by atoms with Gasteiger partial charge in [0.2, 0.25) is 5.91 Å². The minimum absolute atomic E-state index is 0.0431. The Morgan fingerprint density at radius 3 is 2.44 bits per heavy atom. The Bertz CT molecular complexity index is 790. The average Bonchev–Trinajstić information content (AvgIpc) is 3.40. The maximum atomic E-state index is 12.3. The zero-order valence-corrected chi connectivity index (χ0v) is 14.7. The highest BCUT2D eigenvalue weighted by Gasteiger charge is 2.29. The number of halogens is 1. The van der Waals surface area contributed by atoms with E-state index < -0.39 is 0 Å². The summed E-state index contributed by atoms with van der Waals surface area (Å²) in [6.07, 6.45) is 1.91. The van der Waals surface area contributed by atoms with E-state index in [4.69, 9.17) is 11.6 Å². The number of rotatable bonds is 5. The van der Waals surface area contributed by atoms with Gasteiger partial charge in [0.25, 0.3) is 0 Å². The number of benzene rings is 2. The van der Waals surface area contributed by atoms with Crippen molar-refractivity contribution in [2.24, 2.45) is 5.92 Å². The first-order chi connectivity index (χ1) is 12.0. The van der Waals surface area contributed by atoms with Crippen molar-refractivity contribution in [1.29, 1.82) is 0 Å². The van der Waals surface area contributed by atoms with Crippen molar-refractivity contribution in [1.82, 2.24) is 4.90 Å². The van der Waals surface area contributed by atoms with Gasteiger partial charge in [0.05, 0.1) is 0 Å². The predicted octanol–water partition coefficient (Wildman–Crippen LogP) is 4.35. The highest BCUT2D eigenvalue weighted by atomic mass is 35.5. The Kier molecular flexibility index (Phi) is 5.24. The lowest BCUT2D eigenvalue weighted by Gasteiger charge is -2.18. The maximum Gasteiger partial charge on any atom is 0.321 e. The topological polar surface area (TPSA) is 61.4 Å². The second-order valence-corrected chi connectivity index (χ2v) is 6.70. The van der Waals surface area contributed by atoms with Crippen molar-refractivity contribution < 1.29 is 9.59 Å². The molecule has 0 radical (unpaired) electrons. The number of urea groups is 1. The quantitative estimate of drug-likeness (QED) is 0.835. The van der Waals surface area contributed by atoms with Crippen LogP contribution in [0, 0.1) is 5.92 Å². The van der Waals surface area contributed by atoms with Crippen molar-refractivity contribution in [2.75, 3.05) is 17.7 Å². The number of amides is 3. The van der Waals surface area contributed by atoms with E-state index in [9.17, 15) is 9.59 Å². The van der Waals surface area contributed by atoms with E-state index >= 15 is 0 Å². The first-order valence-corrected chi connectivity index (χ1v) is 8.56. The first kappa shape index (κ1) is 17.3. The largest absolute Gasteiger partial charge is 0.326 e. The molecule has 0 atom stereocenters. The van der Waals surface area contributed by atoms with Crippen LogP contribution in [-0.4, -0.2) is 23.9 Å². The molecule has 5 nitrogen and oxygen atoms in total. The molecule has 2 N–H and O–H groups in total. The van der Waals surface area contributed by atoms with Crippen LogP contribution >= 0.6 is 11.6 Å². The van der Waals surface area contributed by atoms with Crippen molar-refractivity contribution in [3.63, 3.8) is 0 Å². The number of anilines is 2. The number of nitrogens with one attached hydrogen (secondary N) is 2. The summed E-state index contributed by atoms with van der Waals surface area (Å²) in [5, 5.41) is 6.36. The van der Waals surface area contributed by atoms with Gasteiger partial charge in [0, 0.05) is 35.9 Å². The van der Waals surface area contributed by atoms with Gasteiger partial charge in [0.15, 0.2) is 0 Å². The number of carbonyl (C=O) groups excluding carboxylic acids is 2. The lowest BCUT2D eigenvalue weighted by atomic mass is 10.2. The van der Waals surface area contributed by atoms with Gasteiger partial charge in [-0.1, -0.05) is 29.8 Å².